The third-order valence-corrected chi connectivity index (χ3v) is 4.71. The number of carbonyl (C=O) groups is 1. The molecule has 26 heavy (non-hydrogen) atoms. The standard InChI is InChI=1S/C21H26N2O3/c1-16-4-8-20(9-5-16)26-17(2)21(24)23-14-12-22(13-15-23)18-6-10-19(25-3)11-7-18/h4-11,17H,12-15H2,1-3H3. The molecule has 1 aliphatic rings. The maximum absolute atomic E-state index is 12.7. The van der Waals surface area contributed by atoms with E-state index >= 15 is 0 Å². The van der Waals surface area contributed by atoms with Crippen LogP contribution in [0.25, 0.3) is 0 Å². The van der Waals surface area contributed by atoms with Crippen LogP contribution < -0.4 is 14.4 Å². The first kappa shape index (κ1) is 18.1. The van der Waals surface area contributed by atoms with Gasteiger partial charge in [-0.25, -0.2) is 0 Å². The van der Waals surface area contributed by atoms with Gasteiger partial charge in [-0.15, -0.1) is 0 Å². The first-order chi connectivity index (χ1) is 12.6. The Bertz CT molecular complexity index is 720. The van der Waals surface area contributed by atoms with Gasteiger partial charge < -0.3 is 19.3 Å². The molecule has 1 aliphatic heterocycles. The topological polar surface area (TPSA) is 42.0 Å². The highest BCUT2D eigenvalue weighted by atomic mass is 16.5. The van der Waals surface area contributed by atoms with E-state index in [1.165, 1.54) is 5.56 Å². The molecular weight excluding hydrogens is 328 g/mol. The first-order valence-corrected chi connectivity index (χ1v) is 8.98. The average Bonchev–Trinajstić information content (AvgIpc) is 2.69. The Morgan fingerprint density at radius 1 is 0.923 bits per heavy atom. The average molecular weight is 354 g/mol. The van der Waals surface area contributed by atoms with E-state index in [1.54, 1.807) is 7.11 Å². The van der Waals surface area contributed by atoms with Gasteiger partial charge in [-0.1, -0.05) is 17.7 Å². The highest BCUT2D eigenvalue weighted by molar-refractivity contribution is 5.81. The summed E-state index contributed by atoms with van der Waals surface area (Å²) >= 11 is 0. The second kappa shape index (κ2) is 8.13. The molecular formula is C21H26N2O3. The van der Waals surface area contributed by atoms with Crippen LogP contribution in [0.4, 0.5) is 5.69 Å². The Hall–Kier alpha value is -2.69. The van der Waals surface area contributed by atoms with Gasteiger partial charge in [0.15, 0.2) is 6.10 Å². The van der Waals surface area contributed by atoms with Crippen LogP contribution in [0.15, 0.2) is 48.5 Å². The van der Waals surface area contributed by atoms with Gasteiger partial charge >= 0.3 is 0 Å². The maximum atomic E-state index is 12.7. The number of anilines is 1. The Kier molecular flexibility index (Phi) is 5.66. The Morgan fingerprint density at radius 2 is 1.50 bits per heavy atom. The van der Waals surface area contributed by atoms with Crippen molar-refractivity contribution < 1.29 is 14.3 Å². The van der Waals surface area contributed by atoms with Crippen LogP contribution in [0.3, 0.4) is 0 Å². The number of nitrogens with zero attached hydrogens (tertiary/aromatic N) is 2. The lowest BCUT2D eigenvalue weighted by molar-refractivity contribution is -0.138. The summed E-state index contributed by atoms with van der Waals surface area (Å²) in [4.78, 5) is 16.8. The van der Waals surface area contributed by atoms with Gasteiger partial charge in [0.25, 0.3) is 5.91 Å². The molecule has 1 saturated heterocycles. The molecule has 1 heterocycles. The lowest BCUT2D eigenvalue weighted by atomic mass is 10.2. The van der Waals surface area contributed by atoms with Crippen molar-refractivity contribution in [2.24, 2.45) is 0 Å². The fourth-order valence-electron chi connectivity index (χ4n) is 3.11. The molecule has 1 atom stereocenters. The van der Waals surface area contributed by atoms with Crippen molar-refractivity contribution in [3.63, 3.8) is 0 Å². The molecule has 1 amide bonds. The van der Waals surface area contributed by atoms with E-state index in [0.717, 1.165) is 30.3 Å². The molecule has 0 bridgehead atoms. The fourth-order valence-corrected chi connectivity index (χ4v) is 3.11. The number of benzene rings is 2. The number of methoxy groups -OCH3 is 1. The predicted molar refractivity (Wildman–Crippen MR) is 103 cm³/mol. The number of piperazine rings is 1. The van der Waals surface area contributed by atoms with Crippen LogP contribution in [0.5, 0.6) is 11.5 Å². The quantitative estimate of drug-likeness (QED) is 0.827. The number of aryl methyl sites for hydroxylation is 1. The number of rotatable bonds is 5. The zero-order valence-electron chi connectivity index (χ0n) is 15.6. The van der Waals surface area contributed by atoms with Crippen molar-refractivity contribution >= 4 is 11.6 Å². The molecule has 1 unspecified atom stereocenters. The van der Waals surface area contributed by atoms with Gasteiger partial charge in [-0.2, -0.15) is 0 Å². The van der Waals surface area contributed by atoms with E-state index in [2.05, 4.69) is 17.0 Å². The van der Waals surface area contributed by atoms with Crippen molar-refractivity contribution in [1.29, 1.82) is 0 Å². The van der Waals surface area contributed by atoms with Gasteiger partial charge in [-0.3, -0.25) is 4.79 Å². The Balaban J connectivity index is 1.53. The van der Waals surface area contributed by atoms with Crippen molar-refractivity contribution in [1.82, 2.24) is 4.90 Å². The zero-order chi connectivity index (χ0) is 18.5. The summed E-state index contributed by atoms with van der Waals surface area (Å²) in [5.41, 5.74) is 2.33. The van der Waals surface area contributed by atoms with Gasteiger partial charge in [0.2, 0.25) is 0 Å². The summed E-state index contributed by atoms with van der Waals surface area (Å²) in [5, 5.41) is 0. The molecule has 138 valence electrons. The number of carbonyl (C=O) groups excluding carboxylic acids is 1. The minimum absolute atomic E-state index is 0.0416. The summed E-state index contributed by atoms with van der Waals surface area (Å²) in [6, 6.07) is 15.8. The second-order valence-corrected chi connectivity index (χ2v) is 6.58. The van der Waals surface area contributed by atoms with E-state index < -0.39 is 6.10 Å². The van der Waals surface area contributed by atoms with E-state index in [-0.39, 0.29) is 5.91 Å². The number of amides is 1. The molecule has 0 spiro atoms. The van der Waals surface area contributed by atoms with E-state index in [9.17, 15) is 4.79 Å². The first-order valence-electron chi connectivity index (χ1n) is 8.98. The highest BCUT2D eigenvalue weighted by Gasteiger charge is 2.26. The monoisotopic (exact) mass is 354 g/mol. The lowest BCUT2D eigenvalue weighted by Crippen LogP contribution is -2.52. The molecule has 3 rings (SSSR count). The van der Waals surface area contributed by atoms with Gasteiger partial charge in [-0.05, 0) is 50.2 Å². The third-order valence-electron chi connectivity index (χ3n) is 4.71. The van der Waals surface area contributed by atoms with Crippen molar-refractivity contribution in [2.75, 3.05) is 38.2 Å². The third kappa shape index (κ3) is 4.28. The van der Waals surface area contributed by atoms with Crippen LogP contribution in [-0.4, -0.2) is 50.2 Å². The summed E-state index contributed by atoms with van der Waals surface area (Å²) < 4.78 is 11.0. The minimum Gasteiger partial charge on any atom is -0.497 e. The van der Waals surface area contributed by atoms with Crippen LogP contribution in [0.2, 0.25) is 0 Å². The lowest BCUT2D eigenvalue weighted by Gasteiger charge is -2.37. The number of ether oxygens (including phenoxy) is 2. The van der Waals surface area contributed by atoms with E-state index in [1.807, 2.05) is 55.1 Å². The van der Waals surface area contributed by atoms with Gasteiger partial charge in [0, 0.05) is 31.9 Å². The summed E-state index contributed by atoms with van der Waals surface area (Å²) in [6.07, 6.45) is -0.481. The predicted octanol–water partition coefficient (Wildman–Crippen LogP) is 3.12. The minimum atomic E-state index is -0.481. The van der Waals surface area contributed by atoms with Crippen LogP contribution in [-0.2, 0) is 4.79 Å². The van der Waals surface area contributed by atoms with Crippen LogP contribution >= 0.6 is 0 Å². The molecule has 1 fully saturated rings. The van der Waals surface area contributed by atoms with Gasteiger partial charge in [0.1, 0.15) is 11.5 Å². The van der Waals surface area contributed by atoms with E-state index in [0.29, 0.717) is 13.1 Å². The highest BCUT2D eigenvalue weighted by Crippen LogP contribution is 2.21. The summed E-state index contributed by atoms with van der Waals surface area (Å²) in [7, 11) is 1.67. The molecule has 0 radical (unpaired) electrons. The molecule has 5 nitrogen and oxygen atoms in total. The molecule has 0 aliphatic carbocycles. The van der Waals surface area contributed by atoms with Gasteiger partial charge in [0.05, 0.1) is 7.11 Å². The molecule has 5 heteroatoms. The molecule has 0 saturated carbocycles. The Morgan fingerprint density at radius 3 is 2.08 bits per heavy atom. The second-order valence-electron chi connectivity index (χ2n) is 6.58. The summed E-state index contributed by atoms with van der Waals surface area (Å²) in [5.74, 6) is 1.62. The van der Waals surface area contributed by atoms with Crippen molar-refractivity contribution in [2.45, 2.75) is 20.0 Å². The Labute approximate surface area is 155 Å². The number of hydrogen-bond acceptors (Lipinski definition) is 4. The molecule has 0 N–H and O–H groups in total. The molecule has 2 aromatic carbocycles. The fraction of sp³-hybridized carbons (Fsp3) is 0.381. The van der Waals surface area contributed by atoms with Crippen LogP contribution in [0, 0.1) is 6.92 Å². The summed E-state index contributed by atoms with van der Waals surface area (Å²) in [6.45, 7) is 6.88. The van der Waals surface area contributed by atoms with Crippen molar-refractivity contribution in [3.8, 4) is 11.5 Å². The maximum Gasteiger partial charge on any atom is 0.263 e. The zero-order valence-corrected chi connectivity index (χ0v) is 15.6. The van der Waals surface area contributed by atoms with Crippen LogP contribution in [0.1, 0.15) is 12.5 Å². The van der Waals surface area contributed by atoms with E-state index in [4.69, 9.17) is 9.47 Å². The SMILES string of the molecule is COc1ccc(N2CCN(C(=O)C(C)Oc3ccc(C)cc3)CC2)cc1. The smallest absolute Gasteiger partial charge is 0.263 e. The number of hydrogen-bond donors (Lipinski definition) is 0. The molecule has 0 aromatic heterocycles. The van der Waals surface area contributed by atoms with Crippen molar-refractivity contribution in [3.05, 3.63) is 54.1 Å². The largest absolute Gasteiger partial charge is 0.497 e. The molecule has 2 aromatic rings. The normalized spacial score (nSPS) is 15.5.